The van der Waals surface area contributed by atoms with Gasteiger partial charge in [-0.25, -0.2) is 0 Å². The molecule has 0 saturated carbocycles. The highest BCUT2D eigenvalue weighted by atomic mass is 16.5. The van der Waals surface area contributed by atoms with Gasteiger partial charge in [0.2, 0.25) is 0 Å². The molecule has 1 amide bonds. The first kappa shape index (κ1) is 22.8. The lowest BCUT2D eigenvalue weighted by atomic mass is 9.94. The molecule has 1 aromatic rings. The third-order valence-corrected chi connectivity index (χ3v) is 7.53. The van der Waals surface area contributed by atoms with Crippen LogP contribution >= 0.6 is 0 Å². The second kappa shape index (κ2) is 11.0. The fourth-order valence-electron chi connectivity index (χ4n) is 5.59. The summed E-state index contributed by atoms with van der Waals surface area (Å²) >= 11 is 0. The van der Waals surface area contributed by atoms with E-state index >= 15 is 0 Å². The number of amides is 1. The normalized spacial score (nSPS) is 22.4. The standard InChI is InChI=1S/C25H41N3O3/c1-20-18-24(21(2)31-20)25(29)27-12-6-22(7-13-27)19-28(23-8-16-30-17-9-23)15-14-26-10-4-3-5-11-26/h18,22-23H,3-17,19H2,1-2H3. The number of aryl methyl sites for hydroxylation is 2. The number of likely N-dealkylation sites (tertiary alicyclic amines) is 2. The highest BCUT2D eigenvalue weighted by Crippen LogP contribution is 2.25. The van der Waals surface area contributed by atoms with Crippen LogP contribution in [0.5, 0.6) is 0 Å². The lowest BCUT2D eigenvalue weighted by molar-refractivity contribution is 0.0185. The summed E-state index contributed by atoms with van der Waals surface area (Å²) in [5.74, 6) is 2.38. The first-order chi connectivity index (χ1) is 15.1. The molecule has 0 aliphatic carbocycles. The van der Waals surface area contributed by atoms with Crippen molar-refractivity contribution in [2.75, 3.05) is 59.0 Å². The van der Waals surface area contributed by atoms with Crippen molar-refractivity contribution >= 4 is 5.91 Å². The Morgan fingerprint density at radius 2 is 1.74 bits per heavy atom. The van der Waals surface area contributed by atoms with Crippen LogP contribution in [0.1, 0.15) is 66.8 Å². The fraction of sp³-hybridized carbons (Fsp3) is 0.800. The highest BCUT2D eigenvalue weighted by Gasteiger charge is 2.29. The lowest BCUT2D eigenvalue weighted by Gasteiger charge is -2.40. The van der Waals surface area contributed by atoms with Crippen molar-refractivity contribution in [2.45, 2.75) is 64.8 Å². The molecule has 31 heavy (non-hydrogen) atoms. The van der Waals surface area contributed by atoms with E-state index in [-0.39, 0.29) is 5.91 Å². The van der Waals surface area contributed by atoms with E-state index in [0.717, 1.165) is 69.1 Å². The first-order valence-electron chi connectivity index (χ1n) is 12.5. The Morgan fingerprint density at radius 3 is 2.39 bits per heavy atom. The van der Waals surface area contributed by atoms with Crippen molar-refractivity contribution in [2.24, 2.45) is 5.92 Å². The predicted molar refractivity (Wildman–Crippen MR) is 123 cm³/mol. The van der Waals surface area contributed by atoms with Crippen molar-refractivity contribution in [3.05, 3.63) is 23.2 Å². The minimum atomic E-state index is 0.138. The van der Waals surface area contributed by atoms with Crippen molar-refractivity contribution in [1.29, 1.82) is 0 Å². The van der Waals surface area contributed by atoms with E-state index in [1.54, 1.807) is 0 Å². The van der Waals surface area contributed by atoms with Crippen LogP contribution in [0.3, 0.4) is 0 Å². The van der Waals surface area contributed by atoms with Gasteiger partial charge in [0.1, 0.15) is 11.5 Å². The third-order valence-electron chi connectivity index (χ3n) is 7.53. The Kier molecular flexibility index (Phi) is 8.07. The van der Waals surface area contributed by atoms with Gasteiger partial charge in [0.25, 0.3) is 5.91 Å². The molecule has 0 bridgehead atoms. The molecule has 174 valence electrons. The van der Waals surface area contributed by atoms with Gasteiger partial charge in [-0.1, -0.05) is 6.42 Å². The molecule has 3 fully saturated rings. The minimum Gasteiger partial charge on any atom is -0.466 e. The van der Waals surface area contributed by atoms with Crippen molar-refractivity contribution in [3.8, 4) is 0 Å². The van der Waals surface area contributed by atoms with Crippen LogP contribution in [0.15, 0.2) is 10.5 Å². The molecule has 0 spiro atoms. The van der Waals surface area contributed by atoms with Gasteiger partial charge in [-0.05, 0) is 77.4 Å². The molecular formula is C25H41N3O3. The Morgan fingerprint density at radius 1 is 1.03 bits per heavy atom. The van der Waals surface area contributed by atoms with E-state index in [2.05, 4.69) is 9.80 Å². The van der Waals surface area contributed by atoms with Crippen LogP contribution in [-0.4, -0.2) is 85.7 Å². The number of hydrogen-bond acceptors (Lipinski definition) is 5. The van der Waals surface area contributed by atoms with Gasteiger partial charge < -0.3 is 19.0 Å². The maximum absolute atomic E-state index is 12.9. The maximum Gasteiger partial charge on any atom is 0.257 e. The van der Waals surface area contributed by atoms with Crippen LogP contribution in [0.4, 0.5) is 0 Å². The van der Waals surface area contributed by atoms with E-state index in [4.69, 9.17) is 9.15 Å². The number of rotatable bonds is 7. The zero-order valence-corrected chi connectivity index (χ0v) is 19.6. The minimum absolute atomic E-state index is 0.138. The van der Waals surface area contributed by atoms with Gasteiger partial charge in [-0.15, -0.1) is 0 Å². The zero-order chi connectivity index (χ0) is 21.6. The van der Waals surface area contributed by atoms with Gasteiger partial charge in [0.15, 0.2) is 0 Å². The molecule has 0 aromatic carbocycles. The Hall–Kier alpha value is -1.37. The molecule has 3 aliphatic heterocycles. The largest absolute Gasteiger partial charge is 0.466 e. The molecule has 3 aliphatic rings. The van der Waals surface area contributed by atoms with E-state index in [0.29, 0.717) is 12.0 Å². The third kappa shape index (κ3) is 6.11. The molecule has 1 aromatic heterocycles. The molecule has 6 heteroatoms. The van der Waals surface area contributed by atoms with E-state index in [1.165, 1.54) is 52.0 Å². The SMILES string of the molecule is Cc1cc(C(=O)N2CCC(CN(CCN3CCCCC3)C3CCOCC3)CC2)c(C)o1. The van der Waals surface area contributed by atoms with Crippen molar-refractivity contribution in [1.82, 2.24) is 14.7 Å². The number of piperidine rings is 2. The van der Waals surface area contributed by atoms with Gasteiger partial charge in [0, 0.05) is 52.0 Å². The number of ether oxygens (including phenoxy) is 1. The van der Waals surface area contributed by atoms with E-state index in [9.17, 15) is 4.79 Å². The molecule has 0 atom stereocenters. The number of carbonyl (C=O) groups excluding carboxylic acids is 1. The van der Waals surface area contributed by atoms with Gasteiger partial charge in [-0.3, -0.25) is 9.69 Å². The Labute approximate surface area is 187 Å². The topological polar surface area (TPSA) is 49.2 Å². The highest BCUT2D eigenvalue weighted by molar-refractivity contribution is 5.95. The second-order valence-corrected chi connectivity index (χ2v) is 9.80. The molecule has 0 N–H and O–H groups in total. The maximum atomic E-state index is 12.9. The number of carbonyl (C=O) groups is 1. The van der Waals surface area contributed by atoms with Crippen LogP contribution < -0.4 is 0 Å². The monoisotopic (exact) mass is 431 g/mol. The molecular weight excluding hydrogens is 390 g/mol. The summed E-state index contributed by atoms with van der Waals surface area (Å²) in [4.78, 5) is 20.4. The average Bonchev–Trinajstić information content (AvgIpc) is 3.15. The van der Waals surface area contributed by atoms with Crippen LogP contribution in [-0.2, 0) is 4.74 Å². The molecule has 4 heterocycles. The van der Waals surface area contributed by atoms with E-state index in [1.807, 2.05) is 24.8 Å². The first-order valence-corrected chi connectivity index (χ1v) is 12.5. The predicted octanol–water partition coefficient (Wildman–Crippen LogP) is 3.72. The molecule has 6 nitrogen and oxygen atoms in total. The van der Waals surface area contributed by atoms with Crippen molar-refractivity contribution < 1.29 is 13.9 Å². The summed E-state index contributed by atoms with van der Waals surface area (Å²) in [7, 11) is 0. The van der Waals surface area contributed by atoms with Gasteiger partial charge in [0.05, 0.1) is 5.56 Å². The summed E-state index contributed by atoms with van der Waals surface area (Å²) < 4.78 is 11.2. The molecule has 4 rings (SSSR count). The Balaban J connectivity index is 1.29. The number of furan rings is 1. The molecule has 0 unspecified atom stereocenters. The zero-order valence-electron chi connectivity index (χ0n) is 19.6. The quantitative estimate of drug-likeness (QED) is 0.659. The molecule has 0 radical (unpaired) electrons. The average molecular weight is 432 g/mol. The van der Waals surface area contributed by atoms with Crippen LogP contribution in [0.2, 0.25) is 0 Å². The van der Waals surface area contributed by atoms with Crippen LogP contribution in [0.25, 0.3) is 0 Å². The summed E-state index contributed by atoms with van der Waals surface area (Å²) in [6, 6.07) is 2.55. The molecule has 3 saturated heterocycles. The van der Waals surface area contributed by atoms with Crippen LogP contribution in [0, 0.1) is 19.8 Å². The summed E-state index contributed by atoms with van der Waals surface area (Å²) in [5, 5.41) is 0. The van der Waals surface area contributed by atoms with E-state index < -0.39 is 0 Å². The number of nitrogens with zero attached hydrogens (tertiary/aromatic N) is 3. The number of hydrogen-bond donors (Lipinski definition) is 0. The Bertz CT molecular complexity index is 699. The smallest absolute Gasteiger partial charge is 0.257 e. The van der Waals surface area contributed by atoms with Gasteiger partial charge in [-0.2, -0.15) is 0 Å². The van der Waals surface area contributed by atoms with Crippen molar-refractivity contribution in [3.63, 3.8) is 0 Å². The van der Waals surface area contributed by atoms with Gasteiger partial charge >= 0.3 is 0 Å². The lowest BCUT2D eigenvalue weighted by Crippen LogP contribution is -2.48. The summed E-state index contributed by atoms with van der Waals surface area (Å²) in [6.07, 6.45) is 8.65. The second-order valence-electron chi connectivity index (χ2n) is 9.80. The summed E-state index contributed by atoms with van der Waals surface area (Å²) in [6.45, 7) is 13.4. The summed E-state index contributed by atoms with van der Waals surface area (Å²) in [5.41, 5.74) is 0.737. The fourth-order valence-corrected chi connectivity index (χ4v) is 5.59.